The molecule has 0 aromatic heterocycles. The number of carbonyl (C=O) groups excluding carboxylic acids is 1. The summed E-state index contributed by atoms with van der Waals surface area (Å²) < 4.78 is 4.87. The molecule has 4 heteroatoms. The van der Waals surface area contributed by atoms with Crippen LogP contribution in [0.4, 0.5) is 0 Å². The van der Waals surface area contributed by atoms with Gasteiger partial charge in [-0.15, -0.1) is 0 Å². The van der Waals surface area contributed by atoms with Gasteiger partial charge >= 0.3 is 0 Å². The van der Waals surface area contributed by atoms with Gasteiger partial charge in [0.1, 0.15) is 18.5 Å². The largest absolute Gasteiger partial charge is 0.494 e. The monoisotopic (exact) mass is 136 g/mol. The molecule has 2 aliphatic heterocycles. The van der Waals surface area contributed by atoms with Crippen LogP contribution in [-0.4, -0.2) is 24.6 Å². The Labute approximate surface area is 56.9 Å². The van der Waals surface area contributed by atoms with Crippen molar-refractivity contribution < 1.29 is 9.53 Å². The topological polar surface area (TPSA) is 51.0 Å². The van der Waals surface area contributed by atoms with Crippen LogP contribution in [0.1, 0.15) is 0 Å². The van der Waals surface area contributed by atoms with Crippen LogP contribution < -0.4 is 0 Å². The number of fused-ring (bicyclic) bond motifs is 1. The number of hydrogen-bond donors (Lipinski definition) is 0. The average Bonchev–Trinajstić information content (AvgIpc) is 2.36. The lowest BCUT2D eigenvalue weighted by Crippen LogP contribution is -2.13. The van der Waals surface area contributed by atoms with Gasteiger partial charge in [-0.3, -0.25) is 4.79 Å². The van der Waals surface area contributed by atoms with E-state index in [1.165, 1.54) is 12.6 Å². The van der Waals surface area contributed by atoms with Crippen molar-refractivity contribution in [2.75, 3.05) is 6.61 Å². The van der Waals surface area contributed by atoms with E-state index in [2.05, 4.69) is 9.98 Å². The van der Waals surface area contributed by atoms with Crippen LogP contribution >= 0.6 is 0 Å². The Morgan fingerprint density at radius 3 is 3.30 bits per heavy atom. The third kappa shape index (κ3) is 0.586. The first-order chi connectivity index (χ1) is 4.88. The van der Waals surface area contributed by atoms with Crippen LogP contribution in [0, 0.1) is 0 Å². The third-order valence-corrected chi connectivity index (χ3v) is 1.35. The van der Waals surface area contributed by atoms with Crippen LogP contribution in [0.3, 0.4) is 0 Å². The third-order valence-electron chi connectivity index (χ3n) is 1.35. The highest BCUT2D eigenvalue weighted by Crippen LogP contribution is 2.12. The van der Waals surface area contributed by atoms with Gasteiger partial charge in [-0.2, -0.15) is 4.99 Å². The van der Waals surface area contributed by atoms with Gasteiger partial charge in [-0.25, -0.2) is 4.99 Å². The lowest BCUT2D eigenvalue weighted by molar-refractivity contribution is -0.113. The molecule has 50 valence electrons. The second kappa shape index (κ2) is 1.76. The van der Waals surface area contributed by atoms with Crippen molar-refractivity contribution in [2.24, 2.45) is 9.98 Å². The second-order valence-electron chi connectivity index (χ2n) is 1.97. The van der Waals surface area contributed by atoms with E-state index in [0.29, 0.717) is 17.9 Å². The van der Waals surface area contributed by atoms with Crippen molar-refractivity contribution in [2.45, 2.75) is 0 Å². The van der Waals surface area contributed by atoms with E-state index in [-0.39, 0.29) is 5.91 Å². The number of nitrogens with zero attached hydrogens (tertiary/aromatic N) is 2. The quantitative estimate of drug-likeness (QED) is 0.467. The predicted molar refractivity (Wildman–Crippen MR) is 35.0 cm³/mol. The Hall–Kier alpha value is -1.45. The molecule has 4 nitrogen and oxygen atoms in total. The molecule has 0 aromatic carbocycles. The first kappa shape index (κ1) is 5.34. The number of amides is 1. The van der Waals surface area contributed by atoms with Gasteiger partial charge in [-0.05, 0) is 0 Å². The molecule has 2 heterocycles. The molecular formula is C6H4N2O2. The number of hydrogen-bond acceptors (Lipinski definition) is 3. The summed E-state index contributed by atoms with van der Waals surface area (Å²) in [4.78, 5) is 18.2. The molecule has 0 aliphatic carbocycles. The molecule has 0 saturated heterocycles. The molecule has 2 aliphatic rings. The van der Waals surface area contributed by atoms with Crippen molar-refractivity contribution >= 4 is 18.0 Å². The van der Waals surface area contributed by atoms with Crippen molar-refractivity contribution in [1.29, 1.82) is 0 Å². The molecule has 0 radical (unpaired) electrons. The zero-order chi connectivity index (χ0) is 6.97. The van der Waals surface area contributed by atoms with E-state index in [0.717, 1.165) is 0 Å². The minimum atomic E-state index is -0.262. The molecule has 0 spiro atoms. The second-order valence-corrected chi connectivity index (χ2v) is 1.97. The smallest absolute Gasteiger partial charge is 0.283 e. The van der Waals surface area contributed by atoms with E-state index in [1.54, 1.807) is 0 Å². The van der Waals surface area contributed by atoms with E-state index in [9.17, 15) is 4.79 Å². The standard InChI is InChI=1S/C6H4N2O2/c9-6-4-1-10-2-5(4)7-3-8-6/h1,3H,2H2. The Balaban J connectivity index is 2.48. The van der Waals surface area contributed by atoms with Crippen LogP contribution in [0.25, 0.3) is 0 Å². The number of carbonyl (C=O) groups is 1. The summed E-state index contributed by atoms with van der Waals surface area (Å²) in [6.07, 6.45) is 2.65. The lowest BCUT2D eigenvalue weighted by Gasteiger charge is -1.98. The van der Waals surface area contributed by atoms with E-state index in [4.69, 9.17) is 4.74 Å². The maximum atomic E-state index is 10.8. The van der Waals surface area contributed by atoms with Crippen LogP contribution in [-0.2, 0) is 9.53 Å². The molecular weight excluding hydrogens is 132 g/mol. The minimum Gasteiger partial charge on any atom is -0.494 e. The van der Waals surface area contributed by atoms with Gasteiger partial charge < -0.3 is 4.74 Å². The van der Waals surface area contributed by atoms with Gasteiger partial charge in [0, 0.05) is 0 Å². The summed E-state index contributed by atoms with van der Waals surface area (Å²) in [5.41, 5.74) is 1.17. The van der Waals surface area contributed by atoms with Crippen molar-refractivity contribution in [3.05, 3.63) is 11.8 Å². The van der Waals surface area contributed by atoms with E-state index >= 15 is 0 Å². The maximum absolute atomic E-state index is 10.8. The van der Waals surface area contributed by atoms with Crippen LogP contribution in [0.2, 0.25) is 0 Å². The Bertz CT molecular complexity index is 275. The highest BCUT2D eigenvalue weighted by Gasteiger charge is 2.22. The van der Waals surface area contributed by atoms with Gasteiger partial charge in [0.25, 0.3) is 5.91 Å². The normalized spacial score (nSPS) is 21.4. The Morgan fingerprint density at radius 2 is 2.50 bits per heavy atom. The van der Waals surface area contributed by atoms with Crippen molar-refractivity contribution in [3.8, 4) is 0 Å². The van der Waals surface area contributed by atoms with Crippen molar-refractivity contribution in [1.82, 2.24) is 0 Å². The zero-order valence-electron chi connectivity index (χ0n) is 5.07. The molecule has 0 saturated carbocycles. The first-order valence-corrected chi connectivity index (χ1v) is 2.83. The number of ether oxygens (including phenoxy) is 1. The molecule has 0 fully saturated rings. The van der Waals surface area contributed by atoms with Crippen LogP contribution in [0.5, 0.6) is 0 Å². The number of aliphatic imine (C=N–C) groups is 2. The molecule has 2 rings (SSSR count). The number of rotatable bonds is 0. The van der Waals surface area contributed by atoms with Gasteiger partial charge in [-0.1, -0.05) is 0 Å². The van der Waals surface area contributed by atoms with Crippen molar-refractivity contribution in [3.63, 3.8) is 0 Å². The van der Waals surface area contributed by atoms with E-state index in [1.807, 2.05) is 0 Å². The molecule has 0 atom stereocenters. The summed E-state index contributed by atoms with van der Waals surface area (Å²) in [5.74, 6) is -0.262. The molecule has 0 unspecified atom stereocenters. The Morgan fingerprint density at radius 1 is 1.60 bits per heavy atom. The predicted octanol–water partition coefficient (Wildman–Crippen LogP) is -0.0900. The van der Waals surface area contributed by atoms with Crippen LogP contribution in [0.15, 0.2) is 21.8 Å². The van der Waals surface area contributed by atoms with Gasteiger partial charge in [0.2, 0.25) is 0 Å². The Kier molecular flexibility index (Phi) is 0.943. The highest BCUT2D eigenvalue weighted by molar-refractivity contribution is 6.27. The molecule has 0 N–H and O–H groups in total. The summed E-state index contributed by atoms with van der Waals surface area (Å²) in [6.45, 7) is 0.396. The fraction of sp³-hybridized carbons (Fsp3) is 0.167. The summed E-state index contributed by atoms with van der Waals surface area (Å²) in [6, 6.07) is 0. The lowest BCUT2D eigenvalue weighted by atomic mass is 10.2. The van der Waals surface area contributed by atoms with Gasteiger partial charge in [0.15, 0.2) is 0 Å². The fourth-order valence-electron chi connectivity index (χ4n) is 0.851. The molecule has 0 bridgehead atoms. The average molecular weight is 136 g/mol. The zero-order valence-corrected chi connectivity index (χ0v) is 5.07. The van der Waals surface area contributed by atoms with E-state index < -0.39 is 0 Å². The molecule has 0 aromatic rings. The molecule has 1 amide bonds. The SMILES string of the molecule is O=C1N=CN=C2COC=C12. The maximum Gasteiger partial charge on any atom is 0.283 e. The first-order valence-electron chi connectivity index (χ1n) is 2.83. The summed E-state index contributed by atoms with van der Waals surface area (Å²) in [5, 5.41) is 0. The summed E-state index contributed by atoms with van der Waals surface area (Å²) >= 11 is 0. The highest BCUT2D eigenvalue weighted by atomic mass is 16.5. The summed E-state index contributed by atoms with van der Waals surface area (Å²) in [7, 11) is 0. The molecule has 10 heavy (non-hydrogen) atoms. The fourth-order valence-corrected chi connectivity index (χ4v) is 0.851. The minimum absolute atomic E-state index is 0.262. The van der Waals surface area contributed by atoms with Gasteiger partial charge in [0.05, 0.1) is 12.0 Å².